The summed E-state index contributed by atoms with van der Waals surface area (Å²) in [6.45, 7) is 0. The Morgan fingerprint density at radius 1 is 1.03 bits per heavy atom. The average molecular weight is 468 g/mol. The molecular weight excluding hydrogens is 449 g/mol. The van der Waals surface area contributed by atoms with E-state index < -0.39 is 11.0 Å². The molecule has 2 heterocycles. The van der Waals surface area contributed by atoms with Crippen LogP contribution >= 0.6 is 11.8 Å². The van der Waals surface area contributed by atoms with Crippen LogP contribution < -0.4 is 4.90 Å². The van der Waals surface area contributed by atoms with Crippen molar-refractivity contribution in [2.45, 2.75) is 11.7 Å². The second-order valence-electron chi connectivity index (χ2n) is 7.82. The maximum Gasteiger partial charge on any atom is 0.245 e. The Kier molecular flexibility index (Phi) is 5.74. The number of H-pyrrole nitrogens is 1. The van der Waals surface area contributed by atoms with Gasteiger partial charge in [-0.15, -0.1) is 0 Å². The van der Waals surface area contributed by atoms with Crippen molar-refractivity contribution in [2.75, 3.05) is 4.90 Å². The van der Waals surface area contributed by atoms with Gasteiger partial charge in [-0.05, 0) is 42.3 Å². The van der Waals surface area contributed by atoms with E-state index in [0.29, 0.717) is 28.1 Å². The molecule has 4 aromatic rings. The van der Waals surface area contributed by atoms with Crippen molar-refractivity contribution in [2.24, 2.45) is 0 Å². The third-order valence-electron chi connectivity index (χ3n) is 5.69. The van der Waals surface area contributed by atoms with E-state index in [4.69, 9.17) is 0 Å². The molecule has 34 heavy (non-hydrogen) atoms. The highest BCUT2D eigenvalue weighted by Crippen LogP contribution is 2.42. The fourth-order valence-electron chi connectivity index (χ4n) is 4.03. The van der Waals surface area contributed by atoms with Crippen LogP contribution in [0.2, 0.25) is 0 Å². The number of rotatable bonds is 5. The van der Waals surface area contributed by atoms with E-state index in [0.717, 1.165) is 11.1 Å². The fraction of sp³-hybridized carbons (Fsp3) is 0.0741. The van der Waals surface area contributed by atoms with Crippen LogP contribution in [0.4, 0.5) is 10.1 Å². The molecule has 1 aromatic heterocycles. The number of nitrogens with zero attached hydrogens (tertiary/aromatic N) is 2. The van der Waals surface area contributed by atoms with Crippen molar-refractivity contribution in [1.29, 1.82) is 5.26 Å². The number of anilines is 1. The topological polar surface area (TPSA) is 77.0 Å². The summed E-state index contributed by atoms with van der Waals surface area (Å²) in [6, 6.07) is 24.4. The number of ketones is 1. The molecule has 1 aliphatic heterocycles. The van der Waals surface area contributed by atoms with Crippen LogP contribution in [0.25, 0.3) is 10.9 Å². The standard InChI is InChI=1S/C27H18FN3O2S/c28-18-12-10-17(11-13-18)14-24-26(33)31(19-6-2-1-3-7-19)27(34-24)21(15-29)25(32)22-16-30-23-9-5-4-8-20(22)23/h1-13,16,24,30H,14H2/b27-21-/t24-/m1/s1. The Balaban J connectivity index is 1.59. The zero-order valence-corrected chi connectivity index (χ0v) is 18.7. The normalized spacial score (nSPS) is 17.1. The summed E-state index contributed by atoms with van der Waals surface area (Å²) in [5.41, 5.74) is 2.45. The van der Waals surface area contributed by atoms with Gasteiger partial charge >= 0.3 is 0 Å². The van der Waals surface area contributed by atoms with Crippen LogP contribution in [0.3, 0.4) is 0 Å². The maximum absolute atomic E-state index is 13.5. The fourth-order valence-corrected chi connectivity index (χ4v) is 5.34. The summed E-state index contributed by atoms with van der Waals surface area (Å²) >= 11 is 1.19. The molecule has 0 aliphatic carbocycles. The molecular formula is C27H18FN3O2S. The number of thioether (sulfide) groups is 1. The lowest BCUT2D eigenvalue weighted by Gasteiger charge is -2.18. The number of fused-ring (bicyclic) bond motifs is 1. The van der Waals surface area contributed by atoms with E-state index in [1.807, 2.05) is 30.3 Å². The number of hydrogen-bond acceptors (Lipinski definition) is 4. The van der Waals surface area contributed by atoms with Gasteiger partial charge in [-0.2, -0.15) is 5.26 Å². The number of aromatic nitrogens is 1. The molecule has 1 saturated heterocycles. The van der Waals surface area contributed by atoms with Crippen LogP contribution in [-0.4, -0.2) is 21.9 Å². The zero-order valence-electron chi connectivity index (χ0n) is 17.9. The van der Waals surface area contributed by atoms with Crippen LogP contribution in [0.1, 0.15) is 15.9 Å². The van der Waals surface area contributed by atoms with Gasteiger partial charge in [-0.1, -0.05) is 60.3 Å². The van der Waals surface area contributed by atoms with Gasteiger partial charge in [0, 0.05) is 28.4 Å². The molecule has 1 aliphatic rings. The van der Waals surface area contributed by atoms with Gasteiger partial charge in [-0.25, -0.2) is 4.39 Å². The van der Waals surface area contributed by atoms with Gasteiger partial charge < -0.3 is 4.98 Å². The van der Waals surface area contributed by atoms with Crippen LogP contribution in [0, 0.1) is 17.1 Å². The monoisotopic (exact) mass is 467 g/mol. The Morgan fingerprint density at radius 2 is 1.74 bits per heavy atom. The van der Waals surface area contributed by atoms with Crippen LogP contribution in [0.15, 0.2) is 95.7 Å². The van der Waals surface area contributed by atoms with Crippen molar-refractivity contribution < 1.29 is 14.0 Å². The third kappa shape index (κ3) is 3.89. The number of nitrogens with one attached hydrogen (secondary N) is 1. The van der Waals surface area contributed by atoms with Gasteiger partial charge in [0.05, 0.1) is 5.25 Å². The van der Waals surface area contributed by atoms with E-state index in [2.05, 4.69) is 11.1 Å². The first kappa shape index (κ1) is 21.7. The number of para-hydroxylation sites is 2. The summed E-state index contributed by atoms with van der Waals surface area (Å²) in [5.74, 6) is -1.02. The summed E-state index contributed by atoms with van der Waals surface area (Å²) in [4.78, 5) is 31.5. The van der Waals surface area contributed by atoms with Gasteiger partial charge in [0.25, 0.3) is 0 Å². The minimum absolute atomic E-state index is 0.0893. The molecule has 3 aromatic carbocycles. The van der Waals surface area contributed by atoms with Crippen molar-refractivity contribution in [3.05, 3.63) is 113 Å². The molecule has 1 atom stereocenters. The molecule has 0 unspecified atom stereocenters. The number of nitriles is 1. The minimum Gasteiger partial charge on any atom is -0.360 e. The smallest absolute Gasteiger partial charge is 0.245 e. The van der Waals surface area contributed by atoms with Gasteiger partial charge in [0.15, 0.2) is 0 Å². The number of halogens is 1. The summed E-state index contributed by atoms with van der Waals surface area (Å²) in [6.07, 6.45) is 1.94. The predicted octanol–water partition coefficient (Wildman–Crippen LogP) is 5.62. The lowest BCUT2D eigenvalue weighted by atomic mass is 10.0. The number of benzene rings is 3. The number of hydrogen-bond donors (Lipinski definition) is 1. The molecule has 1 amide bonds. The van der Waals surface area contributed by atoms with Crippen molar-refractivity contribution >= 4 is 40.0 Å². The summed E-state index contributed by atoms with van der Waals surface area (Å²) in [5, 5.41) is 10.5. The van der Waals surface area contributed by atoms with Crippen molar-refractivity contribution in [3.63, 3.8) is 0 Å². The van der Waals surface area contributed by atoms with E-state index in [-0.39, 0.29) is 17.3 Å². The number of carbonyl (C=O) groups excluding carboxylic acids is 2. The number of allylic oxidation sites excluding steroid dienone is 1. The average Bonchev–Trinajstić information content (AvgIpc) is 3.43. The van der Waals surface area contributed by atoms with Gasteiger partial charge in [0.2, 0.25) is 11.7 Å². The van der Waals surface area contributed by atoms with E-state index in [1.54, 1.807) is 42.6 Å². The predicted molar refractivity (Wildman–Crippen MR) is 131 cm³/mol. The second kappa shape index (κ2) is 9.00. The molecule has 0 radical (unpaired) electrons. The molecule has 5 rings (SSSR count). The molecule has 0 saturated carbocycles. The van der Waals surface area contributed by atoms with Gasteiger partial charge in [0.1, 0.15) is 22.5 Å². The van der Waals surface area contributed by atoms with Crippen LogP contribution in [-0.2, 0) is 11.2 Å². The van der Waals surface area contributed by atoms with E-state index >= 15 is 0 Å². The van der Waals surface area contributed by atoms with E-state index in [9.17, 15) is 19.2 Å². The Morgan fingerprint density at radius 3 is 2.47 bits per heavy atom. The Bertz CT molecular complexity index is 1470. The second-order valence-corrected chi connectivity index (χ2v) is 9.01. The maximum atomic E-state index is 13.5. The quantitative estimate of drug-likeness (QED) is 0.235. The van der Waals surface area contributed by atoms with Gasteiger partial charge in [-0.3, -0.25) is 14.5 Å². The van der Waals surface area contributed by atoms with E-state index in [1.165, 1.54) is 28.8 Å². The Hall–Kier alpha value is -4.15. The molecule has 1 fully saturated rings. The molecule has 166 valence electrons. The minimum atomic E-state index is -0.556. The first-order chi connectivity index (χ1) is 16.6. The lowest BCUT2D eigenvalue weighted by molar-refractivity contribution is -0.117. The first-order valence-corrected chi connectivity index (χ1v) is 11.5. The van der Waals surface area contributed by atoms with Crippen molar-refractivity contribution in [3.8, 4) is 6.07 Å². The SMILES string of the molecule is N#C/C(C(=O)c1c[nH]c2ccccc12)=C1/S[C@H](Cc2ccc(F)cc2)C(=O)N1c1ccccc1. The highest BCUT2D eigenvalue weighted by atomic mass is 32.2. The molecule has 5 nitrogen and oxygen atoms in total. The summed E-state index contributed by atoms with van der Waals surface area (Å²) < 4.78 is 13.3. The van der Waals surface area contributed by atoms with Crippen LogP contribution in [0.5, 0.6) is 0 Å². The number of carbonyl (C=O) groups is 2. The molecule has 0 spiro atoms. The molecule has 1 N–H and O–H groups in total. The highest BCUT2D eigenvalue weighted by molar-refractivity contribution is 8.05. The highest BCUT2D eigenvalue weighted by Gasteiger charge is 2.41. The molecule has 0 bridgehead atoms. The summed E-state index contributed by atoms with van der Waals surface area (Å²) in [7, 11) is 0. The zero-order chi connectivity index (χ0) is 23.7. The third-order valence-corrected chi connectivity index (χ3v) is 6.95. The lowest BCUT2D eigenvalue weighted by Crippen LogP contribution is -2.30. The number of amides is 1. The Labute approximate surface area is 199 Å². The largest absolute Gasteiger partial charge is 0.360 e. The first-order valence-electron chi connectivity index (χ1n) is 10.6. The molecule has 7 heteroatoms. The van der Waals surface area contributed by atoms with Crippen molar-refractivity contribution in [1.82, 2.24) is 4.98 Å². The number of Topliss-reactive ketones (excluding diaryl/α,β-unsaturated/α-hetero) is 1. The number of aromatic amines is 1.